The van der Waals surface area contributed by atoms with Crippen molar-refractivity contribution in [3.8, 4) is 0 Å². The third kappa shape index (κ3) is 3.65. The molecule has 0 bridgehead atoms. The highest BCUT2D eigenvalue weighted by atomic mass is 32.2. The number of nitrogens with zero attached hydrogens (tertiary/aromatic N) is 1. The summed E-state index contributed by atoms with van der Waals surface area (Å²) in [6, 6.07) is 8.18. The molecule has 1 aliphatic carbocycles. The molecule has 2 rings (SSSR count). The summed E-state index contributed by atoms with van der Waals surface area (Å²) in [7, 11) is -3.35. The third-order valence-corrected chi connectivity index (χ3v) is 6.38. The zero-order valence-electron chi connectivity index (χ0n) is 13.2. The van der Waals surface area contributed by atoms with Gasteiger partial charge in [-0.2, -0.15) is 4.31 Å². The Morgan fingerprint density at radius 3 is 2.19 bits per heavy atom. The van der Waals surface area contributed by atoms with E-state index in [1.54, 1.807) is 12.1 Å². The second kappa shape index (κ2) is 6.90. The minimum atomic E-state index is -3.35. The molecule has 1 atom stereocenters. The second-order valence-electron chi connectivity index (χ2n) is 5.67. The molecule has 0 heterocycles. The van der Waals surface area contributed by atoms with Crippen LogP contribution in [0, 0.1) is 0 Å². The van der Waals surface area contributed by atoms with Crippen molar-refractivity contribution in [3.05, 3.63) is 29.8 Å². The summed E-state index contributed by atoms with van der Waals surface area (Å²) < 4.78 is 26.3. The van der Waals surface area contributed by atoms with Gasteiger partial charge in [0.25, 0.3) is 0 Å². The van der Waals surface area contributed by atoms with Crippen molar-refractivity contribution in [3.63, 3.8) is 0 Å². The van der Waals surface area contributed by atoms with E-state index in [0.717, 1.165) is 5.56 Å². The number of nitrogens with one attached hydrogen (secondary N) is 1. The maximum Gasteiger partial charge on any atom is 0.243 e. The first kappa shape index (κ1) is 16.5. The first-order chi connectivity index (χ1) is 9.98. The van der Waals surface area contributed by atoms with Gasteiger partial charge in [-0.15, -0.1) is 0 Å². The van der Waals surface area contributed by atoms with Crippen molar-refractivity contribution in [2.75, 3.05) is 13.1 Å². The van der Waals surface area contributed by atoms with Crippen molar-refractivity contribution in [2.24, 2.45) is 0 Å². The summed E-state index contributed by atoms with van der Waals surface area (Å²) >= 11 is 0. The van der Waals surface area contributed by atoms with Gasteiger partial charge in [0.05, 0.1) is 4.90 Å². The van der Waals surface area contributed by atoms with Gasteiger partial charge in [0, 0.05) is 25.2 Å². The quantitative estimate of drug-likeness (QED) is 0.842. The van der Waals surface area contributed by atoms with E-state index in [2.05, 4.69) is 12.2 Å². The van der Waals surface area contributed by atoms with E-state index >= 15 is 0 Å². The summed E-state index contributed by atoms with van der Waals surface area (Å²) in [5.41, 5.74) is 1.14. The molecule has 118 valence electrons. The fourth-order valence-electron chi connectivity index (χ4n) is 2.67. The van der Waals surface area contributed by atoms with Gasteiger partial charge in [-0.1, -0.05) is 32.4 Å². The molecular weight excluding hydrogens is 284 g/mol. The number of hydrogen-bond donors (Lipinski definition) is 1. The lowest BCUT2D eigenvalue weighted by Crippen LogP contribution is -2.36. The molecular formula is C16H26N2O2S. The first-order valence-corrected chi connectivity index (χ1v) is 9.29. The van der Waals surface area contributed by atoms with Crippen LogP contribution in [0.2, 0.25) is 0 Å². The highest BCUT2D eigenvalue weighted by Crippen LogP contribution is 2.24. The van der Waals surface area contributed by atoms with Crippen molar-refractivity contribution >= 4 is 10.0 Å². The smallest absolute Gasteiger partial charge is 0.243 e. The molecule has 1 aromatic carbocycles. The van der Waals surface area contributed by atoms with Crippen LogP contribution in [0.15, 0.2) is 29.2 Å². The van der Waals surface area contributed by atoms with Crippen molar-refractivity contribution in [1.82, 2.24) is 9.62 Å². The predicted molar refractivity (Wildman–Crippen MR) is 85.7 cm³/mol. The molecule has 0 aromatic heterocycles. The fraction of sp³-hybridized carbons (Fsp3) is 0.625. The van der Waals surface area contributed by atoms with Crippen molar-refractivity contribution < 1.29 is 8.42 Å². The Morgan fingerprint density at radius 2 is 1.76 bits per heavy atom. The molecule has 4 nitrogen and oxygen atoms in total. The van der Waals surface area contributed by atoms with Gasteiger partial charge in [-0.3, -0.25) is 0 Å². The van der Waals surface area contributed by atoms with Crippen LogP contribution < -0.4 is 5.32 Å². The number of benzene rings is 1. The fourth-order valence-corrected chi connectivity index (χ4v) is 4.12. The normalized spacial score (nSPS) is 17.7. The Kier molecular flexibility index (Phi) is 5.41. The molecule has 1 aliphatic rings. The number of sulfonamides is 1. The zero-order chi connectivity index (χ0) is 15.5. The minimum absolute atomic E-state index is 0.264. The van der Waals surface area contributed by atoms with Crippen LogP contribution in [0.5, 0.6) is 0 Å². The molecule has 5 heteroatoms. The minimum Gasteiger partial charge on any atom is -0.307 e. The van der Waals surface area contributed by atoms with E-state index in [4.69, 9.17) is 0 Å². The lowest BCUT2D eigenvalue weighted by Gasteiger charge is -2.30. The van der Waals surface area contributed by atoms with Crippen LogP contribution in [-0.2, 0) is 10.0 Å². The Labute approximate surface area is 128 Å². The Hall–Kier alpha value is -0.910. The van der Waals surface area contributed by atoms with Gasteiger partial charge >= 0.3 is 0 Å². The average molecular weight is 310 g/mol. The van der Waals surface area contributed by atoms with E-state index in [1.165, 1.54) is 23.6 Å². The molecule has 1 fully saturated rings. The molecule has 0 spiro atoms. The Bertz CT molecular complexity index is 546. The first-order valence-electron chi connectivity index (χ1n) is 7.85. The molecule has 0 unspecified atom stereocenters. The summed E-state index contributed by atoms with van der Waals surface area (Å²) in [4.78, 5) is 0.380. The average Bonchev–Trinajstić information content (AvgIpc) is 2.44. The predicted octanol–water partition coefficient (Wildman–Crippen LogP) is 2.92. The maximum atomic E-state index is 12.4. The van der Waals surface area contributed by atoms with Gasteiger partial charge in [0.1, 0.15) is 0 Å². The molecule has 0 radical (unpaired) electrons. The van der Waals surface area contributed by atoms with Crippen LogP contribution in [0.25, 0.3) is 0 Å². The number of hydrogen-bond acceptors (Lipinski definition) is 3. The summed E-state index contributed by atoms with van der Waals surface area (Å²) in [6.07, 6.45) is 3.81. The number of rotatable bonds is 7. The van der Waals surface area contributed by atoms with E-state index in [0.29, 0.717) is 24.0 Å². The highest BCUT2D eigenvalue weighted by Gasteiger charge is 2.22. The largest absolute Gasteiger partial charge is 0.307 e. The van der Waals surface area contributed by atoms with Crippen LogP contribution in [-0.4, -0.2) is 31.9 Å². The van der Waals surface area contributed by atoms with Gasteiger partial charge in [0.15, 0.2) is 0 Å². The van der Waals surface area contributed by atoms with E-state index < -0.39 is 10.0 Å². The summed E-state index contributed by atoms with van der Waals surface area (Å²) in [6.45, 7) is 6.85. The Balaban J connectivity index is 2.10. The van der Waals surface area contributed by atoms with E-state index in [9.17, 15) is 8.42 Å². The van der Waals surface area contributed by atoms with Crippen LogP contribution >= 0.6 is 0 Å². The topological polar surface area (TPSA) is 49.4 Å². The lowest BCUT2D eigenvalue weighted by atomic mass is 9.92. The molecule has 0 aliphatic heterocycles. The van der Waals surface area contributed by atoms with Crippen LogP contribution in [0.4, 0.5) is 0 Å². The Morgan fingerprint density at radius 1 is 1.19 bits per heavy atom. The second-order valence-corrected chi connectivity index (χ2v) is 7.61. The van der Waals surface area contributed by atoms with Crippen molar-refractivity contribution in [2.45, 2.75) is 57.0 Å². The lowest BCUT2D eigenvalue weighted by molar-refractivity contribution is 0.313. The molecule has 1 aromatic rings. The van der Waals surface area contributed by atoms with Crippen molar-refractivity contribution in [1.29, 1.82) is 0 Å². The zero-order valence-corrected chi connectivity index (χ0v) is 14.0. The standard InChI is InChI=1S/C16H26N2O2S/c1-4-18(5-2)21(19,20)16-11-9-14(10-12-16)13(3)17-15-7-6-8-15/h9-13,15,17H,4-8H2,1-3H3/t13-/m0/s1. The maximum absolute atomic E-state index is 12.4. The SMILES string of the molecule is CCN(CC)S(=O)(=O)c1ccc([C@H](C)NC2CCC2)cc1. The van der Waals surface area contributed by atoms with Crippen LogP contribution in [0.1, 0.15) is 51.6 Å². The monoisotopic (exact) mass is 310 g/mol. The van der Waals surface area contributed by atoms with Gasteiger partial charge in [-0.25, -0.2) is 8.42 Å². The molecule has 0 amide bonds. The molecule has 0 saturated heterocycles. The van der Waals surface area contributed by atoms with Gasteiger partial charge < -0.3 is 5.32 Å². The molecule has 1 saturated carbocycles. The molecule has 21 heavy (non-hydrogen) atoms. The summed E-state index contributed by atoms with van der Waals surface area (Å²) in [5, 5.41) is 3.58. The van der Waals surface area contributed by atoms with Gasteiger partial charge in [-0.05, 0) is 37.5 Å². The summed E-state index contributed by atoms with van der Waals surface area (Å²) in [5.74, 6) is 0. The third-order valence-electron chi connectivity index (χ3n) is 4.31. The van der Waals surface area contributed by atoms with Gasteiger partial charge in [0.2, 0.25) is 10.0 Å². The van der Waals surface area contributed by atoms with Crippen LogP contribution in [0.3, 0.4) is 0 Å². The molecule has 1 N–H and O–H groups in total. The highest BCUT2D eigenvalue weighted by molar-refractivity contribution is 7.89. The van der Waals surface area contributed by atoms with E-state index in [-0.39, 0.29) is 6.04 Å². The van der Waals surface area contributed by atoms with E-state index in [1.807, 2.05) is 26.0 Å².